The van der Waals surface area contributed by atoms with E-state index in [0.717, 1.165) is 5.69 Å². The lowest BCUT2D eigenvalue weighted by Crippen LogP contribution is -2.40. The van der Waals surface area contributed by atoms with Crippen LogP contribution in [-0.4, -0.2) is 29.2 Å². The van der Waals surface area contributed by atoms with Gasteiger partial charge in [-0.15, -0.1) is 0 Å². The maximum absolute atomic E-state index is 12.9. The van der Waals surface area contributed by atoms with E-state index in [2.05, 4.69) is 17.5 Å². The topological polar surface area (TPSA) is 66.5 Å². The molecule has 5 heteroatoms. The maximum Gasteiger partial charge on any atom is 0.235 e. The third-order valence-electron chi connectivity index (χ3n) is 6.46. The van der Waals surface area contributed by atoms with Crippen molar-refractivity contribution in [3.8, 4) is 0 Å². The van der Waals surface area contributed by atoms with Crippen LogP contribution in [0.3, 0.4) is 0 Å². The van der Waals surface area contributed by atoms with Crippen LogP contribution in [0.25, 0.3) is 0 Å². The van der Waals surface area contributed by atoms with Gasteiger partial charge >= 0.3 is 0 Å². The van der Waals surface area contributed by atoms with Gasteiger partial charge in [0, 0.05) is 11.3 Å². The number of carbonyl (C=O) groups excluding carboxylic acids is 3. The first-order valence-electron chi connectivity index (χ1n) is 8.94. The minimum atomic E-state index is -0.156. The van der Waals surface area contributed by atoms with Gasteiger partial charge in [0.2, 0.25) is 11.8 Å². The van der Waals surface area contributed by atoms with Crippen LogP contribution >= 0.6 is 0 Å². The Morgan fingerprint density at radius 2 is 1.76 bits per heavy atom. The van der Waals surface area contributed by atoms with E-state index in [1.807, 2.05) is 6.07 Å². The summed E-state index contributed by atoms with van der Waals surface area (Å²) >= 11 is 0. The lowest BCUT2D eigenvalue weighted by molar-refractivity contribution is -0.139. The molecule has 2 bridgehead atoms. The molecule has 128 valence electrons. The number of nitrogens with one attached hydrogen (secondary N) is 1. The summed E-state index contributed by atoms with van der Waals surface area (Å²) in [5.41, 5.74) is 1.35. The lowest BCUT2D eigenvalue weighted by Gasteiger charge is -2.37. The summed E-state index contributed by atoms with van der Waals surface area (Å²) in [5.74, 6) is 1.36. The second-order valence-electron chi connectivity index (χ2n) is 7.73. The SMILES string of the molecule is CC(=O)c1cccc(NCN2C(=O)[C@@H]3[C@H]4C=C[C@H]([C@H]5C[C@H]45)[C@@H]3C2=O)c1. The number of nitrogens with zero attached hydrogens (tertiary/aromatic N) is 1. The molecule has 5 aliphatic rings. The molecule has 6 rings (SSSR count). The zero-order valence-corrected chi connectivity index (χ0v) is 14.0. The fourth-order valence-corrected chi connectivity index (χ4v) is 5.19. The Morgan fingerprint density at radius 1 is 1.12 bits per heavy atom. The zero-order chi connectivity index (χ0) is 17.3. The number of amides is 2. The Labute approximate surface area is 146 Å². The van der Waals surface area contributed by atoms with Gasteiger partial charge in [0.25, 0.3) is 0 Å². The number of allylic oxidation sites excluding steroid dienone is 2. The summed E-state index contributed by atoms with van der Waals surface area (Å²) in [6, 6.07) is 7.14. The summed E-state index contributed by atoms with van der Waals surface area (Å²) in [5, 5.41) is 3.14. The molecule has 5 nitrogen and oxygen atoms in total. The smallest absolute Gasteiger partial charge is 0.235 e. The van der Waals surface area contributed by atoms with Gasteiger partial charge in [-0.3, -0.25) is 19.3 Å². The Bertz CT molecular complexity index is 794. The van der Waals surface area contributed by atoms with Crippen molar-refractivity contribution in [1.29, 1.82) is 0 Å². The molecule has 1 aromatic rings. The van der Waals surface area contributed by atoms with Gasteiger partial charge < -0.3 is 5.32 Å². The Balaban J connectivity index is 1.34. The minimum absolute atomic E-state index is 0.00938. The number of hydrogen-bond donors (Lipinski definition) is 1. The first-order valence-corrected chi connectivity index (χ1v) is 8.94. The van der Waals surface area contributed by atoms with Gasteiger partial charge in [-0.25, -0.2) is 0 Å². The van der Waals surface area contributed by atoms with Gasteiger partial charge in [0.15, 0.2) is 5.78 Å². The number of Topliss-reactive ketones (excluding diaryl/α,β-unsaturated/α-hetero) is 1. The summed E-state index contributed by atoms with van der Waals surface area (Å²) < 4.78 is 0. The van der Waals surface area contributed by atoms with Crippen LogP contribution in [0.5, 0.6) is 0 Å². The minimum Gasteiger partial charge on any atom is -0.367 e. The van der Waals surface area contributed by atoms with E-state index < -0.39 is 0 Å². The molecule has 2 amide bonds. The molecule has 0 spiro atoms. The first kappa shape index (κ1) is 14.9. The fraction of sp³-hybridized carbons (Fsp3) is 0.450. The van der Waals surface area contributed by atoms with Crippen LogP contribution < -0.4 is 5.32 Å². The van der Waals surface area contributed by atoms with E-state index >= 15 is 0 Å². The average molecular weight is 336 g/mol. The van der Waals surface area contributed by atoms with Gasteiger partial charge in [-0.05, 0) is 49.1 Å². The number of benzene rings is 1. The van der Waals surface area contributed by atoms with Crippen LogP contribution in [0.2, 0.25) is 0 Å². The van der Waals surface area contributed by atoms with Gasteiger partial charge in [0.1, 0.15) is 0 Å². The van der Waals surface area contributed by atoms with Crippen molar-refractivity contribution in [2.24, 2.45) is 35.5 Å². The molecule has 25 heavy (non-hydrogen) atoms. The lowest BCUT2D eigenvalue weighted by atomic mass is 9.63. The van der Waals surface area contributed by atoms with Gasteiger partial charge in [-0.2, -0.15) is 0 Å². The molecular weight excluding hydrogens is 316 g/mol. The molecule has 1 aromatic carbocycles. The fourth-order valence-electron chi connectivity index (χ4n) is 5.19. The third-order valence-corrected chi connectivity index (χ3v) is 6.46. The maximum atomic E-state index is 12.9. The standard InChI is InChI=1S/C20H20N2O3/c1-10(23)11-3-2-4-12(7-11)21-9-22-19(24)17-13-5-6-14(16-8-15(13)16)18(17)20(22)25/h2-7,13-18,21H,8-9H2,1H3/t13-,14+,15-,16-,17+,18-/m1/s1. The number of anilines is 1. The molecule has 1 heterocycles. The summed E-state index contributed by atoms with van der Waals surface area (Å²) in [4.78, 5) is 38.6. The number of hydrogen-bond acceptors (Lipinski definition) is 4. The molecule has 1 N–H and O–H groups in total. The highest BCUT2D eigenvalue weighted by atomic mass is 16.2. The molecule has 2 saturated carbocycles. The molecule has 3 fully saturated rings. The second kappa shape index (κ2) is 5.04. The third kappa shape index (κ3) is 2.04. The number of carbonyl (C=O) groups is 3. The Kier molecular flexibility index (Phi) is 3.00. The quantitative estimate of drug-likeness (QED) is 0.520. The monoisotopic (exact) mass is 336 g/mol. The number of rotatable bonds is 4. The van der Waals surface area contributed by atoms with Crippen molar-refractivity contribution in [2.45, 2.75) is 13.3 Å². The van der Waals surface area contributed by atoms with Crippen molar-refractivity contribution in [1.82, 2.24) is 4.90 Å². The van der Waals surface area contributed by atoms with Crippen LogP contribution in [-0.2, 0) is 9.59 Å². The predicted molar refractivity (Wildman–Crippen MR) is 91.5 cm³/mol. The van der Waals surface area contributed by atoms with Crippen LogP contribution in [0.1, 0.15) is 23.7 Å². The van der Waals surface area contributed by atoms with E-state index in [0.29, 0.717) is 17.4 Å². The Hall–Kier alpha value is -2.43. The Morgan fingerprint density at radius 3 is 2.36 bits per heavy atom. The van der Waals surface area contributed by atoms with Crippen molar-refractivity contribution in [3.05, 3.63) is 42.0 Å². The highest BCUT2D eigenvalue weighted by Gasteiger charge is 2.66. The second-order valence-corrected chi connectivity index (χ2v) is 7.73. The number of imide groups is 1. The zero-order valence-electron chi connectivity index (χ0n) is 14.0. The normalized spacial score (nSPS) is 37.1. The molecular formula is C20H20N2O3. The summed E-state index contributed by atoms with van der Waals surface area (Å²) in [7, 11) is 0. The molecule has 6 atom stereocenters. The van der Waals surface area contributed by atoms with Crippen molar-refractivity contribution in [2.75, 3.05) is 12.0 Å². The summed E-state index contributed by atoms with van der Waals surface area (Å²) in [6.45, 7) is 1.69. The molecule has 1 aliphatic heterocycles. The van der Waals surface area contributed by atoms with E-state index in [1.54, 1.807) is 18.2 Å². The molecule has 0 unspecified atom stereocenters. The molecule has 1 saturated heterocycles. The van der Waals surface area contributed by atoms with Crippen molar-refractivity contribution in [3.63, 3.8) is 0 Å². The average Bonchev–Trinajstić information content (AvgIpc) is 3.39. The van der Waals surface area contributed by atoms with Crippen LogP contribution in [0.15, 0.2) is 36.4 Å². The van der Waals surface area contributed by atoms with E-state index in [1.165, 1.54) is 18.2 Å². The first-order chi connectivity index (χ1) is 12.1. The number of likely N-dealkylation sites (tertiary alicyclic amines) is 1. The number of ketones is 1. The molecule has 4 aliphatic carbocycles. The molecule has 0 aromatic heterocycles. The molecule has 0 radical (unpaired) electrons. The van der Waals surface area contributed by atoms with Gasteiger partial charge in [0.05, 0.1) is 18.5 Å². The van der Waals surface area contributed by atoms with Gasteiger partial charge in [-0.1, -0.05) is 24.3 Å². The largest absolute Gasteiger partial charge is 0.367 e. The van der Waals surface area contributed by atoms with E-state index in [4.69, 9.17) is 0 Å². The van der Waals surface area contributed by atoms with Crippen LogP contribution in [0, 0.1) is 35.5 Å². The highest BCUT2D eigenvalue weighted by Crippen LogP contribution is 2.65. The summed E-state index contributed by atoms with van der Waals surface area (Å²) in [6.07, 6.45) is 5.53. The predicted octanol–water partition coefficient (Wildman–Crippen LogP) is 2.31. The van der Waals surface area contributed by atoms with Crippen molar-refractivity contribution >= 4 is 23.3 Å². The van der Waals surface area contributed by atoms with Crippen LogP contribution in [0.4, 0.5) is 5.69 Å². The van der Waals surface area contributed by atoms with E-state index in [-0.39, 0.29) is 47.9 Å². The highest BCUT2D eigenvalue weighted by molar-refractivity contribution is 6.06. The van der Waals surface area contributed by atoms with Crippen molar-refractivity contribution < 1.29 is 14.4 Å². The van der Waals surface area contributed by atoms with E-state index in [9.17, 15) is 14.4 Å².